The summed E-state index contributed by atoms with van der Waals surface area (Å²) in [7, 11) is -4.37. The van der Waals surface area contributed by atoms with Gasteiger partial charge in [-0.2, -0.15) is 0 Å². The molecule has 0 fully saturated rings. The SMILES string of the molecule is CCCCC(O)C(CCCC)S(=O)(=O)[O-].[K+]. The maximum atomic E-state index is 10.9. The van der Waals surface area contributed by atoms with Crippen molar-refractivity contribution >= 4 is 10.1 Å². The van der Waals surface area contributed by atoms with Gasteiger partial charge in [0, 0.05) is 0 Å². The summed E-state index contributed by atoms with van der Waals surface area (Å²) in [4.78, 5) is 0. The van der Waals surface area contributed by atoms with Crippen molar-refractivity contribution in [3.05, 3.63) is 0 Å². The van der Waals surface area contributed by atoms with Gasteiger partial charge in [-0.3, -0.25) is 0 Å². The fourth-order valence-corrected chi connectivity index (χ4v) is 2.51. The average Bonchev–Trinajstić information content (AvgIpc) is 2.13. The van der Waals surface area contributed by atoms with Crippen molar-refractivity contribution in [1.82, 2.24) is 0 Å². The van der Waals surface area contributed by atoms with Crippen molar-refractivity contribution in [2.24, 2.45) is 0 Å². The minimum absolute atomic E-state index is 0. The molecular weight excluding hydrogens is 255 g/mol. The summed E-state index contributed by atoms with van der Waals surface area (Å²) < 4.78 is 32.8. The Morgan fingerprint density at radius 3 is 1.94 bits per heavy atom. The van der Waals surface area contributed by atoms with Gasteiger partial charge >= 0.3 is 51.4 Å². The second kappa shape index (κ2) is 10.4. The van der Waals surface area contributed by atoms with Crippen LogP contribution in [0.25, 0.3) is 0 Å². The summed E-state index contributed by atoms with van der Waals surface area (Å²) in [6, 6.07) is 0. The summed E-state index contributed by atoms with van der Waals surface area (Å²) in [6.45, 7) is 3.88. The molecule has 0 heterocycles. The van der Waals surface area contributed by atoms with Crippen molar-refractivity contribution in [2.45, 2.75) is 63.7 Å². The topological polar surface area (TPSA) is 77.4 Å². The molecule has 0 aliphatic heterocycles. The minimum Gasteiger partial charge on any atom is -0.748 e. The third-order valence-electron chi connectivity index (χ3n) is 2.50. The van der Waals surface area contributed by atoms with E-state index in [1.165, 1.54) is 0 Å². The normalized spacial score (nSPS) is 15.2. The van der Waals surface area contributed by atoms with Crippen LogP contribution in [0.2, 0.25) is 0 Å². The molecule has 0 saturated carbocycles. The third-order valence-corrected chi connectivity index (χ3v) is 3.79. The molecule has 92 valence electrons. The van der Waals surface area contributed by atoms with E-state index in [0.29, 0.717) is 12.8 Å². The van der Waals surface area contributed by atoms with Crippen molar-refractivity contribution < 1.29 is 69.5 Å². The first-order valence-electron chi connectivity index (χ1n) is 5.56. The maximum Gasteiger partial charge on any atom is 1.00 e. The van der Waals surface area contributed by atoms with Crippen LogP contribution in [0.15, 0.2) is 0 Å². The quantitative estimate of drug-likeness (QED) is 0.439. The zero-order valence-corrected chi connectivity index (χ0v) is 14.4. The molecule has 6 heteroatoms. The molecule has 2 unspecified atom stereocenters. The molecule has 0 aliphatic rings. The Labute approximate surface area is 141 Å². The van der Waals surface area contributed by atoms with Gasteiger partial charge in [-0.15, -0.1) is 0 Å². The van der Waals surface area contributed by atoms with Crippen molar-refractivity contribution in [1.29, 1.82) is 0 Å². The Bertz CT molecular complexity index is 254. The van der Waals surface area contributed by atoms with Crippen molar-refractivity contribution in [3.63, 3.8) is 0 Å². The smallest absolute Gasteiger partial charge is 0.748 e. The van der Waals surface area contributed by atoms with Crippen LogP contribution in [-0.2, 0) is 10.1 Å². The minimum atomic E-state index is -4.37. The molecule has 0 rings (SSSR count). The number of hydrogen-bond donors (Lipinski definition) is 1. The first-order chi connectivity index (χ1) is 6.93. The number of hydrogen-bond acceptors (Lipinski definition) is 4. The van der Waals surface area contributed by atoms with Crippen LogP contribution < -0.4 is 51.4 Å². The molecular formula is C10H21KO4S. The summed E-state index contributed by atoms with van der Waals surface area (Å²) in [5, 5.41) is 8.50. The summed E-state index contributed by atoms with van der Waals surface area (Å²) in [6.07, 6.45) is 2.79. The molecule has 0 aromatic heterocycles. The Hall–Kier alpha value is 1.51. The van der Waals surface area contributed by atoms with Crippen LogP contribution in [0.1, 0.15) is 52.4 Å². The Morgan fingerprint density at radius 2 is 1.56 bits per heavy atom. The van der Waals surface area contributed by atoms with Gasteiger partial charge in [0.05, 0.1) is 11.4 Å². The molecule has 0 radical (unpaired) electrons. The molecule has 0 aromatic carbocycles. The zero-order chi connectivity index (χ0) is 11.9. The summed E-state index contributed by atoms with van der Waals surface area (Å²) >= 11 is 0. The largest absolute Gasteiger partial charge is 1.00 e. The van der Waals surface area contributed by atoms with E-state index in [4.69, 9.17) is 0 Å². The van der Waals surface area contributed by atoms with Crippen LogP contribution in [0.3, 0.4) is 0 Å². The first kappa shape index (κ1) is 19.8. The van der Waals surface area contributed by atoms with Gasteiger partial charge in [-0.25, -0.2) is 8.42 Å². The van der Waals surface area contributed by atoms with Crippen molar-refractivity contribution in [3.8, 4) is 0 Å². The van der Waals surface area contributed by atoms with Gasteiger partial charge < -0.3 is 9.66 Å². The van der Waals surface area contributed by atoms with Gasteiger partial charge in [0.25, 0.3) is 0 Å². The fourth-order valence-electron chi connectivity index (χ4n) is 1.53. The zero-order valence-electron chi connectivity index (χ0n) is 10.5. The van der Waals surface area contributed by atoms with E-state index in [0.717, 1.165) is 19.3 Å². The van der Waals surface area contributed by atoms with Gasteiger partial charge in [-0.05, 0) is 12.8 Å². The molecule has 0 amide bonds. The number of aliphatic hydroxyl groups is 1. The Kier molecular flexibility index (Phi) is 12.9. The standard InChI is InChI=1S/C10H22O4S.K/c1-3-5-7-9(11)10(8-6-4-2)15(12,13)14;/h9-11H,3-8H2,1-2H3,(H,12,13,14);/q;+1/p-1. The predicted molar refractivity (Wildman–Crippen MR) is 58.5 cm³/mol. The van der Waals surface area contributed by atoms with Crippen molar-refractivity contribution in [2.75, 3.05) is 0 Å². The molecule has 0 spiro atoms. The van der Waals surface area contributed by atoms with E-state index in [1.54, 1.807) is 0 Å². The fraction of sp³-hybridized carbons (Fsp3) is 1.00. The van der Waals surface area contributed by atoms with E-state index in [-0.39, 0.29) is 57.8 Å². The second-order valence-corrected chi connectivity index (χ2v) is 5.47. The van der Waals surface area contributed by atoms with Crippen LogP contribution in [0, 0.1) is 0 Å². The molecule has 2 atom stereocenters. The van der Waals surface area contributed by atoms with E-state index in [9.17, 15) is 18.1 Å². The molecule has 0 saturated heterocycles. The van der Waals surface area contributed by atoms with E-state index in [2.05, 4.69) is 0 Å². The molecule has 4 nitrogen and oxygen atoms in total. The number of aliphatic hydroxyl groups excluding tert-OH is 1. The van der Waals surface area contributed by atoms with Gasteiger partial charge in [-0.1, -0.05) is 39.5 Å². The second-order valence-electron chi connectivity index (χ2n) is 3.88. The number of unbranched alkanes of at least 4 members (excludes halogenated alkanes) is 2. The van der Waals surface area contributed by atoms with Crippen LogP contribution >= 0.6 is 0 Å². The first-order valence-corrected chi connectivity index (χ1v) is 7.03. The molecule has 0 aliphatic carbocycles. The Balaban J connectivity index is 0. The van der Waals surface area contributed by atoms with Crippen LogP contribution in [-0.4, -0.2) is 29.4 Å². The Morgan fingerprint density at radius 1 is 1.12 bits per heavy atom. The van der Waals surface area contributed by atoms with Gasteiger partial charge in [0.2, 0.25) is 0 Å². The molecule has 0 bridgehead atoms. The predicted octanol–water partition coefficient (Wildman–Crippen LogP) is -1.35. The van der Waals surface area contributed by atoms with Crippen LogP contribution in [0.5, 0.6) is 0 Å². The van der Waals surface area contributed by atoms with Crippen LogP contribution in [0.4, 0.5) is 0 Å². The average molecular weight is 276 g/mol. The molecule has 16 heavy (non-hydrogen) atoms. The van der Waals surface area contributed by atoms with E-state index in [1.807, 2.05) is 13.8 Å². The molecule has 1 N–H and O–H groups in total. The monoisotopic (exact) mass is 276 g/mol. The third kappa shape index (κ3) is 8.58. The number of rotatable bonds is 8. The van der Waals surface area contributed by atoms with E-state index < -0.39 is 21.5 Å². The summed E-state index contributed by atoms with van der Waals surface area (Å²) in [5.74, 6) is 0. The molecule has 0 aromatic rings. The maximum absolute atomic E-state index is 10.9. The summed E-state index contributed by atoms with van der Waals surface area (Å²) in [5.41, 5.74) is 0. The van der Waals surface area contributed by atoms with E-state index >= 15 is 0 Å². The van der Waals surface area contributed by atoms with Gasteiger partial charge in [0.15, 0.2) is 0 Å². The van der Waals surface area contributed by atoms with Gasteiger partial charge in [0.1, 0.15) is 10.1 Å².